The second-order valence-corrected chi connectivity index (χ2v) is 4.67. The molecule has 0 spiro atoms. The number of ether oxygens (including phenoxy) is 1. The topological polar surface area (TPSA) is 58.6 Å². The van der Waals surface area contributed by atoms with Crippen molar-refractivity contribution in [2.75, 3.05) is 13.2 Å². The molecule has 122 valence electrons. The van der Waals surface area contributed by atoms with Gasteiger partial charge < -0.3 is 15.2 Å². The molecule has 0 amide bonds. The Morgan fingerprint density at radius 2 is 2.00 bits per heavy atom. The predicted octanol–water partition coefficient (Wildman–Crippen LogP) is 2.76. The largest absolute Gasteiger partial charge is 0.465 e. The smallest absolute Gasteiger partial charge is 0.418 e. The molecule has 0 aliphatic rings. The number of hydrogen-bond donors (Lipinski definition) is 2. The molecule has 0 fully saturated rings. The van der Waals surface area contributed by atoms with Gasteiger partial charge in [-0.05, 0) is 30.7 Å². The van der Waals surface area contributed by atoms with Crippen LogP contribution in [0.5, 0.6) is 0 Å². The Morgan fingerprint density at radius 3 is 2.50 bits per heavy atom. The van der Waals surface area contributed by atoms with Crippen LogP contribution in [0.3, 0.4) is 0 Å². The summed E-state index contributed by atoms with van der Waals surface area (Å²) < 4.78 is 42.1. The van der Waals surface area contributed by atoms with Crippen molar-refractivity contribution in [3.05, 3.63) is 40.9 Å². The number of aliphatic hydroxyl groups is 1. The lowest BCUT2D eigenvalue weighted by Gasteiger charge is -2.15. The Bertz CT molecular complexity index is 529. The third-order valence-corrected chi connectivity index (χ3v) is 2.80. The number of hydrogen-bond acceptors (Lipinski definition) is 4. The number of esters is 1. The van der Waals surface area contributed by atoms with Crippen molar-refractivity contribution in [2.24, 2.45) is 0 Å². The molecule has 4 nitrogen and oxygen atoms in total. The van der Waals surface area contributed by atoms with Crippen molar-refractivity contribution < 1.29 is 27.8 Å². The Kier molecular flexibility index (Phi) is 6.70. The lowest BCUT2D eigenvalue weighted by atomic mass is 10.1. The van der Waals surface area contributed by atoms with Crippen LogP contribution in [0.2, 0.25) is 5.02 Å². The van der Waals surface area contributed by atoms with Gasteiger partial charge in [0.2, 0.25) is 0 Å². The third kappa shape index (κ3) is 5.95. The maximum Gasteiger partial charge on any atom is 0.418 e. The van der Waals surface area contributed by atoms with E-state index in [-0.39, 0.29) is 18.8 Å². The molecule has 0 aliphatic carbocycles. The van der Waals surface area contributed by atoms with Crippen molar-refractivity contribution in [3.63, 3.8) is 0 Å². The first-order valence-corrected chi connectivity index (χ1v) is 6.74. The Balaban J connectivity index is 2.97. The Labute approximate surface area is 130 Å². The molecule has 1 rings (SSSR count). The second-order valence-electron chi connectivity index (χ2n) is 4.23. The maximum absolute atomic E-state index is 12.5. The number of nitrogens with one attached hydrogen (secondary N) is 1. The van der Waals surface area contributed by atoms with E-state index in [9.17, 15) is 18.0 Å². The van der Waals surface area contributed by atoms with Gasteiger partial charge in [-0.25, -0.2) is 0 Å². The van der Waals surface area contributed by atoms with E-state index < -0.39 is 18.2 Å². The fourth-order valence-corrected chi connectivity index (χ4v) is 1.64. The molecule has 0 bridgehead atoms. The molecule has 2 N–H and O–H groups in total. The van der Waals surface area contributed by atoms with E-state index in [0.717, 1.165) is 0 Å². The molecular formula is C14H15ClF3NO3. The summed E-state index contributed by atoms with van der Waals surface area (Å²) in [7, 11) is 0. The van der Waals surface area contributed by atoms with Crippen LogP contribution in [0.25, 0.3) is 5.70 Å². The summed E-state index contributed by atoms with van der Waals surface area (Å²) in [6.07, 6.45) is -6.88. The van der Waals surface area contributed by atoms with E-state index in [4.69, 9.17) is 16.7 Å². The molecule has 1 atom stereocenters. The molecule has 0 aromatic heterocycles. The van der Waals surface area contributed by atoms with Crippen LogP contribution >= 0.6 is 11.6 Å². The zero-order valence-corrected chi connectivity index (χ0v) is 12.4. The number of aliphatic hydroxyl groups excluding tert-OH is 1. The van der Waals surface area contributed by atoms with Gasteiger partial charge in [-0.2, -0.15) is 13.2 Å². The van der Waals surface area contributed by atoms with Gasteiger partial charge in [-0.3, -0.25) is 4.79 Å². The lowest BCUT2D eigenvalue weighted by molar-refractivity contribution is -0.187. The monoisotopic (exact) mass is 337 g/mol. The van der Waals surface area contributed by atoms with Gasteiger partial charge in [0, 0.05) is 10.7 Å². The normalized spacial score (nSPS) is 13.6. The van der Waals surface area contributed by atoms with Crippen molar-refractivity contribution in [1.82, 2.24) is 5.32 Å². The zero-order valence-electron chi connectivity index (χ0n) is 11.7. The first-order chi connectivity index (χ1) is 10.2. The molecule has 1 aromatic carbocycles. The zero-order chi connectivity index (χ0) is 16.8. The van der Waals surface area contributed by atoms with Crippen LogP contribution < -0.4 is 5.32 Å². The minimum absolute atomic E-state index is 0.0467. The minimum Gasteiger partial charge on any atom is -0.465 e. The van der Waals surface area contributed by atoms with Crippen LogP contribution in [0.1, 0.15) is 12.5 Å². The van der Waals surface area contributed by atoms with E-state index in [0.29, 0.717) is 16.7 Å². The van der Waals surface area contributed by atoms with Gasteiger partial charge in [-0.15, -0.1) is 0 Å². The standard InChI is InChI=1S/C14H15ClF3NO3/c1-2-22-13(21)8-19-11(7-12(20)14(16,17)18)9-3-5-10(15)6-4-9/h3-7,12,19-20H,2,8H2,1H3/b11-7+. The van der Waals surface area contributed by atoms with Crippen molar-refractivity contribution in [3.8, 4) is 0 Å². The van der Waals surface area contributed by atoms with Gasteiger partial charge in [0.1, 0.15) is 6.54 Å². The number of rotatable bonds is 6. The second kappa shape index (κ2) is 8.05. The number of carbonyl (C=O) groups excluding carboxylic acids is 1. The summed E-state index contributed by atoms with van der Waals surface area (Å²) in [5, 5.41) is 12.1. The number of alkyl halides is 3. The van der Waals surface area contributed by atoms with Gasteiger partial charge in [0.15, 0.2) is 6.10 Å². The molecular weight excluding hydrogens is 323 g/mol. The fourth-order valence-electron chi connectivity index (χ4n) is 1.52. The Hall–Kier alpha value is -1.73. The molecule has 0 aliphatic heterocycles. The third-order valence-electron chi connectivity index (χ3n) is 2.54. The van der Waals surface area contributed by atoms with Gasteiger partial charge in [0.25, 0.3) is 0 Å². The summed E-state index contributed by atoms with van der Waals surface area (Å²) in [6, 6.07) is 5.90. The average Bonchev–Trinajstić information content (AvgIpc) is 2.43. The Morgan fingerprint density at radius 1 is 1.41 bits per heavy atom. The summed E-state index contributed by atoms with van der Waals surface area (Å²) in [6.45, 7) is 1.44. The van der Waals surface area contributed by atoms with Gasteiger partial charge >= 0.3 is 12.1 Å². The summed E-state index contributed by atoms with van der Waals surface area (Å²) >= 11 is 5.72. The summed E-state index contributed by atoms with van der Waals surface area (Å²) in [4.78, 5) is 11.3. The SMILES string of the molecule is CCOC(=O)CN/C(=C/C(O)C(F)(F)F)c1ccc(Cl)cc1. The molecule has 0 saturated heterocycles. The van der Waals surface area contributed by atoms with Gasteiger partial charge in [0.05, 0.1) is 6.61 Å². The first kappa shape index (κ1) is 18.3. The molecule has 8 heteroatoms. The summed E-state index contributed by atoms with van der Waals surface area (Å²) in [5.41, 5.74) is 0.298. The quantitative estimate of drug-likeness (QED) is 0.784. The fraction of sp³-hybridized carbons (Fsp3) is 0.357. The van der Waals surface area contributed by atoms with Crippen molar-refractivity contribution in [1.29, 1.82) is 0 Å². The minimum atomic E-state index is -4.80. The highest BCUT2D eigenvalue weighted by Gasteiger charge is 2.37. The van der Waals surface area contributed by atoms with E-state index in [1.165, 1.54) is 24.3 Å². The molecule has 0 saturated carbocycles. The summed E-state index contributed by atoms with van der Waals surface area (Å²) in [5.74, 6) is -0.621. The number of carbonyl (C=O) groups is 1. The van der Waals surface area contributed by atoms with E-state index >= 15 is 0 Å². The van der Waals surface area contributed by atoms with Crippen LogP contribution in [0.15, 0.2) is 30.3 Å². The van der Waals surface area contributed by atoms with Crippen molar-refractivity contribution in [2.45, 2.75) is 19.2 Å². The average molecular weight is 338 g/mol. The highest BCUT2D eigenvalue weighted by Crippen LogP contribution is 2.24. The van der Waals surface area contributed by atoms with E-state index in [1.54, 1.807) is 6.92 Å². The molecule has 0 radical (unpaired) electrons. The lowest BCUT2D eigenvalue weighted by Crippen LogP contribution is -2.29. The first-order valence-electron chi connectivity index (χ1n) is 6.36. The van der Waals surface area contributed by atoms with Crippen LogP contribution in [-0.2, 0) is 9.53 Å². The van der Waals surface area contributed by atoms with E-state index in [1.807, 2.05) is 0 Å². The van der Waals surface area contributed by atoms with Crippen molar-refractivity contribution >= 4 is 23.3 Å². The number of benzene rings is 1. The van der Waals surface area contributed by atoms with Gasteiger partial charge in [-0.1, -0.05) is 23.7 Å². The molecule has 1 unspecified atom stereocenters. The van der Waals surface area contributed by atoms with Crippen LogP contribution in [0, 0.1) is 0 Å². The molecule has 22 heavy (non-hydrogen) atoms. The predicted molar refractivity (Wildman–Crippen MR) is 76.1 cm³/mol. The van der Waals surface area contributed by atoms with Crippen LogP contribution in [0.4, 0.5) is 13.2 Å². The molecule has 0 heterocycles. The number of halogens is 4. The highest BCUT2D eigenvalue weighted by molar-refractivity contribution is 6.30. The highest BCUT2D eigenvalue weighted by atomic mass is 35.5. The van der Waals surface area contributed by atoms with Crippen LogP contribution in [-0.4, -0.2) is 36.5 Å². The van der Waals surface area contributed by atoms with E-state index in [2.05, 4.69) is 10.1 Å². The molecule has 1 aromatic rings. The maximum atomic E-state index is 12.5.